The average Bonchev–Trinajstić information content (AvgIpc) is 2.14. The third-order valence-corrected chi connectivity index (χ3v) is 3.61. The van der Waals surface area contributed by atoms with Gasteiger partial charge >= 0.3 is 0 Å². The standard InChI is InChI=1S/C12H26N2/c1-3-12(8-9-13)14(4-2)10-11-6-5-7-11/h11-12H,3-10,13H2,1-2H3. The second-order valence-corrected chi connectivity index (χ2v) is 4.52. The van der Waals surface area contributed by atoms with E-state index >= 15 is 0 Å². The van der Waals surface area contributed by atoms with Crippen LogP contribution in [0.25, 0.3) is 0 Å². The van der Waals surface area contributed by atoms with Crippen LogP contribution >= 0.6 is 0 Å². The summed E-state index contributed by atoms with van der Waals surface area (Å²) >= 11 is 0. The molecule has 84 valence electrons. The molecule has 0 aliphatic heterocycles. The van der Waals surface area contributed by atoms with Crippen LogP contribution in [0.15, 0.2) is 0 Å². The van der Waals surface area contributed by atoms with Crippen molar-refractivity contribution in [1.29, 1.82) is 0 Å². The van der Waals surface area contributed by atoms with E-state index < -0.39 is 0 Å². The van der Waals surface area contributed by atoms with E-state index in [2.05, 4.69) is 18.7 Å². The van der Waals surface area contributed by atoms with Crippen LogP contribution in [0, 0.1) is 5.92 Å². The lowest BCUT2D eigenvalue weighted by molar-refractivity contribution is 0.131. The Balaban J connectivity index is 2.32. The third kappa shape index (κ3) is 3.25. The summed E-state index contributed by atoms with van der Waals surface area (Å²) in [5, 5.41) is 0. The first-order valence-corrected chi connectivity index (χ1v) is 6.25. The van der Waals surface area contributed by atoms with Gasteiger partial charge in [-0.2, -0.15) is 0 Å². The molecule has 2 N–H and O–H groups in total. The molecule has 1 aliphatic carbocycles. The first-order valence-electron chi connectivity index (χ1n) is 6.25. The number of rotatable bonds is 7. The molecule has 1 saturated carbocycles. The quantitative estimate of drug-likeness (QED) is 0.680. The Morgan fingerprint density at radius 1 is 1.36 bits per heavy atom. The van der Waals surface area contributed by atoms with Gasteiger partial charge in [-0.05, 0) is 44.7 Å². The Morgan fingerprint density at radius 2 is 2.07 bits per heavy atom. The molecule has 0 aromatic carbocycles. The molecule has 2 nitrogen and oxygen atoms in total. The van der Waals surface area contributed by atoms with Crippen molar-refractivity contribution >= 4 is 0 Å². The molecule has 0 aromatic rings. The molecule has 1 unspecified atom stereocenters. The molecular formula is C12H26N2. The van der Waals surface area contributed by atoms with Crippen LogP contribution in [0.3, 0.4) is 0 Å². The van der Waals surface area contributed by atoms with E-state index in [9.17, 15) is 0 Å². The zero-order valence-corrected chi connectivity index (χ0v) is 9.84. The topological polar surface area (TPSA) is 29.3 Å². The van der Waals surface area contributed by atoms with Crippen LogP contribution < -0.4 is 5.73 Å². The average molecular weight is 198 g/mol. The highest BCUT2D eigenvalue weighted by molar-refractivity contribution is 4.77. The minimum Gasteiger partial charge on any atom is -0.330 e. The SMILES string of the molecule is CCC(CCN)N(CC)CC1CCC1. The zero-order chi connectivity index (χ0) is 10.4. The lowest BCUT2D eigenvalue weighted by atomic mass is 9.84. The fourth-order valence-electron chi connectivity index (χ4n) is 2.38. The summed E-state index contributed by atoms with van der Waals surface area (Å²) in [6.45, 7) is 7.89. The number of hydrogen-bond acceptors (Lipinski definition) is 2. The summed E-state index contributed by atoms with van der Waals surface area (Å²) in [6.07, 6.45) is 6.77. The monoisotopic (exact) mass is 198 g/mol. The summed E-state index contributed by atoms with van der Waals surface area (Å²) in [5.74, 6) is 0.988. The van der Waals surface area contributed by atoms with Gasteiger partial charge < -0.3 is 10.6 Å². The summed E-state index contributed by atoms with van der Waals surface area (Å²) in [6, 6.07) is 0.727. The molecule has 0 bridgehead atoms. The van der Waals surface area contributed by atoms with E-state index in [1.54, 1.807) is 0 Å². The summed E-state index contributed by atoms with van der Waals surface area (Å²) in [7, 11) is 0. The minimum atomic E-state index is 0.727. The van der Waals surface area contributed by atoms with Gasteiger partial charge in [-0.1, -0.05) is 20.3 Å². The molecule has 0 aromatic heterocycles. The number of hydrogen-bond donors (Lipinski definition) is 1. The van der Waals surface area contributed by atoms with E-state index in [0.717, 1.165) is 24.9 Å². The first kappa shape index (κ1) is 12.0. The maximum atomic E-state index is 5.65. The van der Waals surface area contributed by atoms with Crippen LogP contribution in [0.1, 0.15) is 46.0 Å². The van der Waals surface area contributed by atoms with Gasteiger partial charge in [-0.25, -0.2) is 0 Å². The van der Waals surface area contributed by atoms with E-state index in [0.29, 0.717) is 0 Å². The van der Waals surface area contributed by atoms with Crippen molar-refractivity contribution in [2.24, 2.45) is 11.7 Å². The van der Waals surface area contributed by atoms with Crippen molar-refractivity contribution in [3.05, 3.63) is 0 Å². The van der Waals surface area contributed by atoms with Gasteiger partial charge in [0.1, 0.15) is 0 Å². The molecule has 1 atom stereocenters. The van der Waals surface area contributed by atoms with E-state index in [4.69, 9.17) is 5.73 Å². The highest BCUT2D eigenvalue weighted by Gasteiger charge is 2.23. The minimum absolute atomic E-state index is 0.727. The lowest BCUT2D eigenvalue weighted by Crippen LogP contribution is -2.41. The smallest absolute Gasteiger partial charge is 0.0105 e. The Morgan fingerprint density at radius 3 is 2.43 bits per heavy atom. The second kappa shape index (κ2) is 6.41. The molecule has 1 rings (SSSR count). The first-order chi connectivity index (χ1) is 6.81. The van der Waals surface area contributed by atoms with Crippen LogP contribution in [0.2, 0.25) is 0 Å². The largest absolute Gasteiger partial charge is 0.330 e. The van der Waals surface area contributed by atoms with Crippen molar-refractivity contribution < 1.29 is 0 Å². The Hall–Kier alpha value is -0.0800. The van der Waals surface area contributed by atoms with E-state index in [-0.39, 0.29) is 0 Å². The summed E-state index contributed by atoms with van der Waals surface area (Å²) < 4.78 is 0. The Kier molecular flexibility index (Phi) is 5.49. The fraction of sp³-hybridized carbons (Fsp3) is 1.00. The molecule has 0 heterocycles. The van der Waals surface area contributed by atoms with Crippen molar-refractivity contribution in [2.75, 3.05) is 19.6 Å². The normalized spacial score (nSPS) is 19.7. The maximum absolute atomic E-state index is 5.65. The van der Waals surface area contributed by atoms with Crippen LogP contribution in [0.4, 0.5) is 0 Å². The molecule has 2 heteroatoms. The molecule has 0 spiro atoms. The molecule has 0 saturated heterocycles. The van der Waals surface area contributed by atoms with Crippen molar-refractivity contribution in [1.82, 2.24) is 4.90 Å². The van der Waals surface area contributed by atoms with Gasteiger partial charge in [0.25, 0.3) is 0 Å². The third-order valence-electron chi connectivity index (χ3n) is 3.61. The lowest BCUT2D eigenvalue weighted by Gasteiger charge is -2.36. The molecule has 1 fully saturated rings. The van der Waals surface area contributed by atoms with Gasteiger partial charge in [0, 0.05) is 12.6 Å². The summed E-state index contributed by atoms with van der Waals surface area (Å²) in [5.41, 5.74) is 5.65. The number of nitrogens with zero attached hydrogens (tertiary/aromatic N) is 1. The zero-order valence-electron chi connectivity index (χ0n) is 9.84. The molecule has 0 amide bonds. The second-order valence-electron chi connectivity index (χ2n) is 4.52. The van der Waals surface area contributed by atoms with Crippen molar-refractivity contribution in [3.8, 4) is 0 Å². The van der Waals surface area contributed by atoms with Crippen LogP contribution in [0.5, 0.6) is 0 Å². The molecule has 14 heavy (non-hydrogen) atoms. The van der Waals surface area contributed by atoms with Crippen LogP contribution in [-0.2, 0) is 0 Å². The number of nitrogens with two attached hydrogens (primary N) is 1. The van der Waals surface area contributed by atoms with E-state index in [1.807, 2.05) is 0 Å². The predicted octanol–water partition coefficient (Wildman–Crippen LogP) is 2.24. The van der Waals surface area contributed by atoms with E-state index in [1.165, 1.54) is 38.8 Å². The highest BCUT2D eigenvalue weighted by Crippen LogP contribution is 2.28. The van der Waals surface area contributed by atoms with Crippen molar-refractivity contribution in [3.63, 3.8) is 0 Å². The van der Waals surface area contributed by atoms with Gasteiger partial charge in [0.2, 0.25) is 0 Å². The molecule has 0 radical (unpaired) electrons. The van der Waals surface area contributed by atoms with Gasteiger partial charge in [0.15, 0.2) is 0 Å². The Bertz CT molecular complexity index is 143. The predicted molar refractivity (Wildman–Crippen MR) is 62.3 cm³/mol. The molecule has 1 aliphatic rings. The van der Waals surface area contributed by atoms with Gasteiger partial charge in [-0.15, -0.1) is 0 Å². The summed E-state index contributed by atoms with van der Waals surface area (Å²) in [4.78, 5) is 2.64. The van der Waals surface area contributed by atoms with Gasteiger partial charge in [-0.3, -0.25) is 0 Å². The maximum Gasteiger partial charge on any atom is 0.0105 e. The molecular weight excluding hydrogens is 172 g/mol. The van der Waals surface area contributed by atoms with Gasteiger partial charge in [0.05, 0.1) is 0 Å². The fourth-order valence-corrected chi connectivity index (χ4v) is 2.38. The van der Waals surface area contributed by atoms with Crippen molar-refractivity contribution in [2.45, 2.75) is 52.0 Å². The van der Waals surface area contributed by atoms with Crippen LogP contribution in [-0.4, -0.2) is 30.6 Å². The Labute approximate surface area is 88.8 Å². The highest BCUT2D eigenvalue weighted by atomic mass is 15.1.